The number of likely N-dealkylation sites (tertiary alicyclic amines) is 1. The van der Waals surface area contributed by atoms with Gasteiger partial charge in [-0.1, -0.05) is 54.5 Å². The number of aromatic amines is 1. The van der Waals surface area contributed by atoms with Crippen molar-refractivity contribution in [2.45, 2.75) is 12.5 Å². The van der Waals surface area contributed by atoms with E-state index in [1.54, 1.807) is 11.0 Å². The molecule has 0 radical (unpaired) electrons. The van der Waals surface area contributed by atoms with Crippen LogP contribution in [0.5, 0.6) is 0 Å². The lowest BCUT2D eigenvalue weighted by Gasteiger charge is -2.15. The van der Waals surface area contributed by atoms with Gasteiger partial charge in [0, 0.05) is 29.6 Å². The average molecular weight is 407 g/mol. The van der Waals surface area contributed by atoms with E-state index in [2.05, 4.69) is 40.2 Å². The fraction of sp³-hybridized carbons (Fsp3) is 0.154. The van der Waals surface area contributed by atoms with Crippen molar-refractivity contribution in [2.24, 2.45) is 0 Å². The van der Waals surface area contributed by atoms with Crippen molar-refractivity contribution < 1.29 is 9.90 Å². The predicted molar refractivity (Wildman–Crippen MR) is 120 cm³/mol. The molecule has 5 rings (SSSR count). The first-order valence-corrected chi connectivity index (χ1v) is 10.3. The smallest absolute Gasteiger partial charge is 0.253 e. The lowest BCUT2D eigenvalue weighted by molar-refractivity contribution is 0.0765. The third kappa shape index (κ3) is 3.81. The number of hydrogen-bond donors (Lipinski definition) is 2. The molecule has 1 amide bonds. The maximum atomic E-state index is 12.8. The molecule has 2 heterocycles. The number of nitrogens with zero attached hydrogens (tertiary/aromatic N) is 2. The Kier molecular flexibility index (Phi) is 4.99. The molecule has 5 heteroatoms. The number of fused-ring (bicyclic) bond motifs is 1. The molecule has 152 valence electrons. The van der Waals surface area contributed by atoms with E-state index < -0.39 is 6.10 Å². The first-order chi connectivity index (χ1) is 15.2. The lowest BCUT2D eigenvalue weighted by atomic mass is 10.00. The van der Waals surface area contributed by atoms with Crippen LogP contribution in [0, 0.1) is 11.8 Å². The minimum atomic E-state index is -0.437. The zero-order valence-corrected chi connectivity index (χ0v) is 16.9. The van der Waals surface area contributed by atoms with Gasteiger partial charge in [0.05, 0.1) is 11.6 Å². The van der Waals surface area contributed by atoms with E-state index in [9.17, 15) is 9.90 Å². The molecular weight excluding hydrogens is 386 g/mol. The van der Waals surface area contributed by atoms with Crippen molar-refractivity contribution >= 4 is 16.8 Å². The van der Waals surface area contributed by atoms with E-state index in [4.69, 9.17) is 0 Å². The van der Waals surface area contributed by atoms with Gasteiger partial charge < -0.3 is 10.0 Å². The normalized spacial score (nSPS) is 15.6. The molecular formula is C26H21N3O2. The topological polar surface area (TPSA) is 69.2 Å². The molecule has 0 spiro atoms. The molecule has 0 bridgehead atoms. The summed E-state index contributed by atoms with van der Waals surface area (Å²) in [5, 5.41) is 17.9. The minimum absolute atomic E-state index is 0.0759. The molecule has 2 N–H and O–H groups in total. The van der Waals surface area contributed by atoms with Crippen LogP contribution in [0.1, 0.15) is 28.0 Å². The highest BCUT2D eigenvalue weighted by molar-refractivity contribution is 5.99. The van der Waals surface area contributed by atoms with Gasteiger partial charge in [-0.15, -0.1) is 0 Å². The second kappa shape index (κ2) is 8.10. The molecule has 1 atom stereocenters. The number of aromatic nitrogens is 2. The van der Waals surface area contributed by atoms with E-state index >= 15 is 0 Å². The van der Waals surface area contributed by atoms with Gasteiger partial charge in [-0.3, -0.25) is 9.89 Å². The highest BCUT2D eigenvalue weighted by Crippen LogP contribution is 2.24. The number of rotatable bonds is 2. The Morgan fingerprint density at radius 3 is 2.65 bits per heavy atom. The molecule has 3 aromatic carbocycles. The molecule has 1 aromatic heterocycles. The van der Waals surface area contributed by atoms with E-state index in [1.807, 2.05) is 48.5 Å². The largest absolute Gasteiger partial charge is 0.391 e. The molecule has 31 heavy (non-hydrogen) atoms. The summed E-state index contributed by atoms with van der Waals surface area (Å²) in [4.78, 5) is 14.5. The zero-order chi connectivity index (χ0) is 21.2. The fourth-order valence-corrected chi connectivity index (χ4v) is 3.94. The van der Waals surface area contributed by atoms with Gasteiger partial charge in [-0.25, -0.2) is 0 Å². The number of H-pyrrole nitrogens is 1. The zero-order valence-electron chi connectivity index (χ0n) is 16.9. The van der Waals surface area contributed by atoms with E-state index in [-0.39, 0.29) is 5.91 Å². The average Bonchev–Trinajstić information content (AvgIpc) is 3.43. The van der Waals surface area contributed by atoms with Crippen LogP contribution in [0.25, 0.3) is 22.0 Å². The van der Waals surface area contributed by atoms with E-state index in [0.29, 0.717) is 30.8 Å². The van der Waals surface area contributed by atoms with Crippen LogP contribution in [0.2, 0.25) is 0 Å². The molecule has 1 saturated heterocycles. The van der Waals surface area contributed by atoms with Gasteiger partial charge >= 0.3 is 0 Å². The van der Waals surface area contributed by atoms with Crippen molar-refractivity contribution in [2.75, 3.05) is 13.1 Å². The highest BCUT2D eigenvalue weighted by Gasteiger charge is 2.25. The van der Waals surface area contributed by atoms with Crippen LogP contribution in [0.3, 0.4) is 0 Å². The molecule has 0 saturated carbocycles. The van der Waals surface area contributed by atoms with Crippen LogP contribution >= 0.6 is 0 Å². The van der Waals surface area contributed by atoms with Crippen molar-refractivity contribution in [3.63, 3.8) is 0 Å². The second-order valence-electron chi connectivity index (χ2n) is 7.69. The van der Waals surface area contributed by atoms with Gasteiger partial charge in [0.15, 0.2) is 0 Å². The number of amides is 1. The molecule has 4 aromatic rings. The number of aliphatic hydroxyl groups is 1. The number of carbonyl (C=O) groups excluding carboxylic acids is 1. The van der Waals surface area contributed by atoms with Crippen molar-refractivity contribution in [1.82, 2.24) is 15.1 Å². The maximum Gasteiger partial charge on any atom is 0.253 e. The Morgan fingerprint density at radius 2 is 1.84 bits per heavy atom. The van der Waals surface area contributed by atoms with Crippen molar-refractivity contribution in [1.29, 1.82) is 0 Å². The predicted octanol–water partition coefficient (Wildman–Crippen LogP) is 3.84. The molecule has 0 unspecified atom stereocenters. The van der Waals surface area contributed by atoms with Crippen LogP contribution in [0.15, 0.2) is 72.8 Å². The van der Waals surface area contributed by atoms with Crippen LogP contribution in [-0.4, -0.2) is 45.3 Å². The summed E-state index contributed by atoms with van der Waals surface area (Å²) in [6.07, 6.45) is 0.185. The Balaban J connectivity index is 1.49. The number of β-amino-alcohol motifs (C(OH)–C–C–N with tert-alkyl or cyclic N) is 1. The summed E-state index contributed by atoms with van der Waals surface area (Å²) >= 11 is 0. The maximum absolute atomic E-state index is 12.8. The number of hydrogen-bond acceptors (Lipinski definition) is 3. The van der Waals surface area contributed by atoms with E-state index in [0.717, 1.165) is 27.6 Å². The Bertz CT molecular complexity index is 1310. The Labute approximate surface area is 180 Å². The second-order valence-corrected chi connectivity index (χ2v) is 7.69. The molecule has 1 fully saturated rings. The summed E-state index contributed by atoms with van der Waals surface area (Å²) in [5.41, 5.74) is 5.12. The third-order valence-corrected chi connectivity index (χ3v) is 5.59. The lowest BCUT2D eigenvalue weighted by Crippen LogP contribution is -2.29. The van der Waals surface area contributed by atoms with Crippen LogP contribution in [-0.2, 0) is 0 Å². The first kappa shape index (κ1) is 19.1. The van der Waals surface area contributed by atoms with Gasteiger partial charge in [0.1, 0.15) is 5.69 Å². The van der Waals surface area contributed by atoms with Gasteiger partial charge in [0.25, 0.3) is 5.91 Å². The Morgan fingerprint density at radius 1 is 1.03 bits per heavy atom. The summed E-state index contributed by atoms with van der Waals surface area (Å²) < 4.78 is 0. The Hall–Kier alpha value is -3.88. The molecule has 5 nitrogen and oxygen atoms in total. The monoisotopic (exact) mass is 407 g/mol. The summed E-state index contributed by atoms with van der Waals surface area (Å²) in [6.45, 7) is 0.956. The number of benzene rings is 3. The standard InChI is InChI=1S/C26H21N3O2/c30-21-14-15-29(17-21)26(31)20-11-13-25-23(16-20)24(27-28-25)12-10-19-8-4-5-9-22(19)18-6-2-1-3-7-18/h1-9,11,13,16,21,30H,14-15,17H2,(H,27,28)/t21-/m0/s1. The highest BCUT2D eigenvalue weighted by atomic mass is 16.3. The first-order valence-electron chi connectivity index (χ1n) is 10.3. The summed E-state index contributed by atoms with van der Waals surface area (Å²) in [6, 6.07) is 23.7. The fourth-order valence-electron chi connectivity index (χ4n) is 3.94. The number of nitrogens with one attached hydrogen (secondary N) is 1. The quantitative estimate of drug-likeness (QED) is 0.496. The summed E-state index contributed by atoms with van der Waals surface area (Å²) in [5.74, 6) is 6.36. The molecule has 0 aliphatic carbocycles. The molecule has 1 aliphatic rings. The van der Waals surface area contributed by atoms with Gasteiger partial charge in [0.2, 0.25) is 0 Å². The molecule has 1 aliphatic heterocycles. The number of carbonyl (C=O) groups is 1. The van der Waals surface area contributed by atoms with Crippen molar-refractivity contribution in [3.05, 3.63) is 89.6 Å². The van der Waals surface area contributed by atoms with E-state index in [1.165, 1.54) is 0 Å². The van der Waals surface area contributed by atoms with Crippen LogP contribution in [0.4, 0.5) is 0 Å². The summed E-state index contributed by atoms with van der Waals surface area (Å²) in [7, 11) is 0. The van der Waals surface area contributed by atoms with Gasteiger partial charge in [-0.2, -0.15) is 5.10 Å². The third-order valence-electron chi connectivity index (χ3n) is 5.59. The minimum Gasteiger partial charge on any atom is -0.391 e. The number of aliphatic hydroxyl groups excluding tert-OH is 1. The van der Waals surface area contributed by atoms with Crippen molar-refractivity contribution in [3.8, 4) is 23.0 Å². The van der Waals surface area contributed by atoms with Gasteiger partial charge in [-0.05, 0) is 47.7 Å². The van der Waals surface area contributed by atoms with Crippen LogP contribution < -0.4 is 0 Å². The SMILES string of the molecule is O=C(c1ccc2[nH]nc(C#Cc3ccccc3-c3ccccc3)c2c1)N1CC[C@H](O)C1.